The van der Waals surface area contributed by atoms with Crippen LogP contribution in [0.5, 0.6) is 0 Å². The highest BCUT2D eigenvalue weighted by molar-refractivity contribution is 5.85. The van der Waals surface area contributed by atoms with Gasteiger partial charge in [0.15, 0.2) is 0 Å². The van der Waals surface area contributed by atoms with Gasteiger partial charge in [0.25, 0.3) is 0 Å². The summed E-state index contributed by atoms with van der Waals surface area (Å²) in [5, 5.41) is 2.67. The molecule has 1 aliphatic heterocycles. The van der Waals surface area contributed by atoms with Crippen LogP contribution in [-0.2, 0) is 0 Å². The molecule has 82 valence electrons. The van der Waals surface area contributed by atoms with Crippen LogP contribution in [-0.4, -0.2) is 25.3 Å². The molecule has 0 amide bonds. The molecule has 13 heavy (non-hydrogen) atoms. The molecule has 0 aromatic carbocycles. The summed E-state index contributed by atoms with van der Waals surface area (Å²) in [6, 6.07) is -0.726. The molecule has 2 nitrogen and oxygen atoms in total. The Bertz CT molecular complexity index is 142. The average molecular weight is 241 g/mol. The fourth-order valence-corrected chi connectivity index (χ4v) is 1.24. The van der Waals surface area contributed by atoms with Gasteiger partial charge in [-0.05, 0) is 13.0 Å². The van der Waals surface area contributed by atoms with Gasteiger partial charge in [0.05, 0.1) is 5.92 Å². The van der Waals surface area contributed by atoms with Crippen molar-refractivity contribution < 1.29 is 13.2 Å². The Morgan fingerprint density at radius 3 is 2.08 bits per heavy atom. The fraction of sp³-hybridized carbons (Fsp3) is 1.00. The molecular weight excluding hydrogens is 228 g/mol. The van der Waals surface area contributed by atoms with Crippen molar-refractivity contribution in [3.05, 3.63) is 0 Å². The van der Waals surface area contributed by atoms with Crippen LogP contribution < -0.4 is 11.1 Å². The second kappa shape index (κ2) is 5.90. The van der Waals surface area contributed by atoms with Crippen molar-refractivity contribution in [1.29, 1.82) is 0 Å². The molecule has 7 heteroatoms. The zero-order valence-corrected chi connectivity index (χ0v) is 8.44. The van der Waals surface area contributed by atoms with Crippen molar-refractivity contribution in [2.75, 3.05) is 13.1 Å². The van der Waals surface area contributed by atoms with Gasteiger partial charge in [0, 0.05) is 12.6 Å². The second-order valence-corrected chi connectivity index (χ2v) is 2.80. The minimum absolute atomic E-state index is 0. The fourth-order valence-electron chi connectivity index (χ4n) is 1.24. The molecule has 0 aliphatic carbocycles. The number of nitrogens with two attached hydrogens (primary N) is 1. The first kappa shape index (κ1) is 15.7. The van der Waals surface area contributed by atoms with E-state index in [1.54, 1.807) is 0 Å². The predicted octanol–water partition coefficient (Wildman–Crippen LogP) is 1.33. The minimum Gasteiger partial charge on any atom is -0.327 e. The summed E-state index contributed by atoms with van der Waals surface area (Å²) in [5.74, 6) is -1.36. The number of rotatable bonds is 0. The smallest absolute Gasteiger partial charge is 0.327 e. The van der Waals surface area contributed by atoms with Crippen LogP contribution in [0.3, 0.4) is 0 Å². The molecule has 0 aromatic heterocycles. The number of piperidine rings is 1. The van der Waals surface area contributed by atoms with Gasteiger partial charge in [-0.25, -0.2) is 0 Å². The SMILES string of the molecule is Cl.Cl.NC1CCNCC1C(F)(F)F. The normalized spacial score (nSPS) is 28.6. The Morgan fingerprint density at radius 2 is 1.77 bits per heavy atom. The third-order valence-electron chi connectivity index (χ3n) is 1.96. The summed E-state index contributed by atoms with van der Waals surface area (Å²) in [5.41, 5.74) is 5.31. The lowest BCUT2D eigenvalue weighted by Gasteiger charge is -2.30. The maximum Gasteiger partial charge on any atom is 0.394 e. The van der Waals surface area contributed by atoms with Crippen LogP contribution in [0.2, 0.25) is 0 Å². The van der Waals surface area contributed by atoms with E-state index in [0.717, 1.165) is 0 Å². The molecule has 2 unspecified atom stereocenters. The van der Waals surface area contributed by atoms with E-state index in [9.17, 15) is 13.2 Å². The zero-order chi connectivity index (χ0) is 8.48. The lowest BCUT2D eigenvalue weighted by atomic mass is 9.94. The number of hydrogen-bond donors (Lipinski definition) is 2. The van der Waals surface area contributed by atoms with Gasteiger partial charge in [0.2, 0.25) is 0 Å². The molecule has 2 atom stereocenters. The van der Waals surface area contributed by atoms with Crippen molar-refractivity contribution in [3.8, 4) is 0 Å². The van der Waals surface area contributed by atoms with Crippen LogP contribution >= 0.6 is 24.8 Å². The van der Waals surface area contributed by atoms with Crippen LogP contribution in [0, 0.1) is 5.92 Å². The van der Waals surface area contributed by atoms with E-state index in [1.165, 1.54) is 0 Å². The van der Waals surface area contributed by atoms with Crippen molar-refractivity contribution >= 4 is 24.8 Å². The van der Waals surface area contributed by atoms with E-state index in [1.807, 2.05) is 0 Å². The third-order valence-corrected chi connectivity index (χ3v) is 1.96. The standard InChI is InChI=1S/C6H11F3N2.2ClH/c7-6(8,9)4-3-11-2-1-5(4)10;;/h4-5,11H,1-3,10H2;2*1H. The summed E-state index contributed by atoms with van der Waals surface area (Å²) in [6.07, 6.45) is -3.74. The van der Waals surface area contributed by atoms with Gasteiger partial charge in [-0.15, -0.1) is 24.8 Å². The molecule has 0 radical (unpaired) electrons. The van der Waals surface area contributed by atoms with Gasteiger partial charge in [0.1, 0.15) is 0 Å². The van der Waals surface area contributed by atoms with Gasteiger partial charge in [-0.2, -0.15) is 13.2 Å². The topological polar surface area (TPSA) is 38.0 Å². The Hall–Kier alpha value is 0.290. The molecule has 1 aliphatic rings. The molecule has 1 heterocycles. The largest absolute Gasteiger partial charge is 0.394 e. The predicted molar refractivity (Wildman–Crippen MR) is 49.5 cm³/mol. The summed E-state index contributed by atoms with van der Waals surface area (Å²) >= 11 is 0. The molecule has 3 N–H and O–H groups in total. The van der Waals surface area contributed by atoms with Crippen molar-refractivity contribution in [1.82, 2.24) is 5.32 Å². The number of alkyl halides is 3. The highest BCUT2D eigenvalue weighted by Gasteiger charge is 2.44. The molecule has 1 fully saturated rings. The molecule has 0 aromatic rings. The highest BCUT2D eigenvalue weighted by atomic mass is 35.5. The van der Waals surface area contributed by atoms with E-state index < -0.39 is 18.1 Å². The lowest BCUT2D eigenvalue weighted by Crippen LogP contribution is -2.51. The Labute approximate surface area is 87.3 Å². The van der Waals surface area contributed by atoms with E-state index in [0.29, 0.717) is 13.0 Å². The monoisotopic (exact) mass is 240 g/mol. The lowest BCUT2D eigenvalue weighted by molar-refractivity contribution is -0.182. The molecule has 0 spiro atoms. The summed E-state index contributed by atoms with van der Waals surface area (Å²) in [6.45, 7) is 0.554. The molecular formula is C6H13Cl2F3N2. The second-order valence-electron chi connectivity index (χ2n) is 2.80. The first-order valence-corrected chi connectivity index (χ1v) is 3.55. The Kier molecular flexibility index (Phi) is 7.15. The number of halogens is 5. The molecule has 1 saturated heterocycles. The quantitative estimate of drug-likeness (QED) is 0.671. The van der Waals surface area contributed by atoms with Crippen LogP contribution in [0.25, 0.3) is 0 Å². The number of hydrogen-bond acceptors (Lipinski definition) is 2. The minimum atomic E-state index is -4.15. The van der Waals surface area contributed by atoms with E-state index >= 15 is 0 Å². The van der Waals surface area contributed by atoms with Gasteiger partial charge >= 0.3 is 6.18 Å². The summed E-state index contributed by atoms with van der Waals surface area (Å²) in [7, 11) is 0. The molecule has 1 rings (SSSR count). The third kappa shape index (κ3) is 4.35. The first-order chi connectivity index (χ1) is 5.02. The highest BCUT2D eigenvalue weighted by Crippen LogP contribution is 2.29. The zero-order valence-electron chi connectivity index (χ0n) is 6.80. The number of nitrogens with one attached hydrogen (secondary N) is 1. The van der Waals surface area contributed by atoms with Crippen molar-refractivity contribution in [2.45, 2.75) is 18.6 Å². The van der Waals surface area contributed by atoms with E-state index in [4.69, 9.17) is 5.73 Å². The Balaban J connectivity index is 0. The van der Waals surface area contributed by atoms with E-state index in [-0.39, 0.29) is 31.4 Å². The summed E-state index contributed by atoms with van der Waals surface area (Å²) in [4.78, 5) is 0. The van der Waals surface area contributed by atoms with Gasteiger partial charge in [-0.3, -0.25) is 0 Å². The van der Waals surface area contributed by atoms with E-state index in [2.05, 4.69) is 5.32 Å². The Morgan fingerprint density at radius 1 is 1.23 bits per heavy atom. The summed E-state index contributed by atoms with van der Waals surface area (Å²) < 4.78 is 36.2. The van der Waals surface area contributed by atoms with Gasteiger partial charge < -0.3 is 11.1 Å². The van der Waals surface area contributed by atoms with Crippen LogP contribution in [0.4, 0.5) is 13.2 Å². The van der Waals surface area contributed by atoms with Gasteiger partial charge in [-0.1, -0.05) is 0 Å². The molecule has 0 bridgehead atoms. The first-order valence-electron chi connectivity index (χ1n) is 3.55. The van der Waals surface area contributed by atoms with Crippen LogP contribution in [0.1, 0.15) is 6.42 Å². The van der Waals surface area contributed by atoms with Crippen LogP contribution in [0.15, 0.2) is 0 Å². The maximum atomic E-state index is 12.1. The average Bonchev–Trinajstić information content (AvgIpc) is 1.86. The maximum absolute atomic E-state index is 12.1. The van der Waals surface area contributed by atoms with Crippen molar-refractivity contribution in [2.24, 2.45) is 11.7 Å². The molecule has 0 saturated carbocycles. The van der Waals surface area contributed by atoms with Crippen molar-refractivity contribution in [3.63, 3.8) is 0 Å².